The van der Waals surface area contributed by atoms with E-state index in [-0.39, 0.29) is 17.9 Å². The van der Waals surface area contributed by atoms with Crippen LogP contribution < -0.4 is 0 Å². The second-order valence-electron chi connectivity index (χ2n) is 6.70. The number of aromatic nitrogens is 5. The predicted molar refractivity (Wildman–Crippen MR) is 91.9 cm³/mol. The molecule has 2 aromatic rings. The summed E-state index contributed by atoms with van der Waals surface area (Å²) in [6.07, 6.45) is 4.83. The van der Waals surface area contributed by atoms with Gasteiger partial charge in [-0.25, -0.2) is 9.97 Å². The van der Waals surface area contributed by atoms with Crippen molar-refractivity contribution in [3.63, 3.8) is 0 Å². The molecule has 8 heteroatoms. The van der Waals surface area contributed by atoms with Crippen LogP contribution in [0.1, 0.15) is 56.2 Å². The number of amides is 1. The molecule has 0 bridgehead atoms. The number of H-pyrrole nitrogens is 1. The number of carbonyl (C=O) groups is 1. The Bertz CT molecular complexity index is 708. The van der Waals surface area contributed by atoms with Crippen LogP contribution >= 0.6 is 0 Å². The van der Waals surface area contributed by atoms with Gasteiger partial charge >= 0.3 is 0 Å². The number of hydrogen-bond acceptors (Lipinski definition) is 5. The largest absolute Gasteiger partial charge is 0.367 e. The molecule has 3 rings (SSSR count). The zero-order valence-corrected chi connectivity index (χ0v) is 15.1. The van der Waals surface area contributed by atoms with Gasteiger partial charge in [-0.15, -0.1) is 0 Å². The van der Waals surface area contributed by atoms with Crippen molar-refractivity contribution in [2.24, 2.45) is 0 Å². The molecule has 3 heterocycles. The first kappa shape index (κ1) is 17.6. The van der Waals surface area contributed by atoms with Gasteiger partial charge in [-0.3, -0.25) is 9.89 Å². The van der Waals surface area contributed by atoms with Gasteiger partial charge in [-0.05, 0) is 13.3 Å². The number of carbonyl (C=O) groups excluding carboxylic acids is 1. The van der Waals surface area contributed by atoms with Crippen molar-refractivity contribution in [2.75, 3.05) is 19.7 Å². The van der Waals surface area contributed by atoms with Gasteiger partial charge in [0.1, 0.15) is 11.9 Å². The highest BCUT2D eigenvalue weighted by molar-refractivity contribution is 5.76. The minimum absolute atomic E-state index is 0.162. The van der Waals surface area contributed by atoms with E-state index in [1.54, 1.807) is 6.20 Å². The summed E-state index contributed by atoms with van der Waals surface area (Å²) in [4.78, 5) is 23.1. The van der Waals surface area contributed by atoms with Crippen LogP contribution in [-0.2, 0) is 16.1 Å². The molecule has 25 heavy (non-hydrogen) atoms. The van der Waals surface area contributed by atoms with Crippen LogP contribution in [0.25, 0.3) is 0 Å². The summed E-state index contributed by atoms with van der Waals surface area (Å²) in [6.45, 7) is 8.55. The maximum Gasteiger partial charge on any atom is 0.222 e. The first-order chi connectivity index (χ1) is 12.0. The van der Waals surface area contributed by atoms with Crippen molar-refractivity contribution in [1.82, 2.24) is 29.6 Å². The smallest absolute Gasteiger partial charge is 0.222 e. The Morgan fingerprint density at radius 3 is 3.00 bits per heavy atom. The zero-order chi connectivity index (χ0) is 17.8. The molecule has 1 saturated heterocycles. The van der Waals surface area contributed by atoms with Gasteiger partial charge in [0.15, 0.2) is 11.6 Å². The summed E-state index contributed by atoms with van der Waals surface area (Å²) in [5.74, 6) is 2.88. The van der Waals surface area contributed by atoms with E-state index in [9.17, 15) is 4.79 Å². The van der Waals surface area contributed by atoms with Gasteiger partial charge in [-0.2, -0.15) is 5.10 Å². The Morgan fingerprint density at radius 2 is 2.32 bits per heavy atom. The molecule has 0 aromatic carbocycles. The lowest BCUT2D eigenvalue weighted by molar-refractivity contribution is -0.139. The quantitative estimate of drug-likeness (QED) is 0.862. The third-order valence-corrected chi connectivity index (χ3v) is 4.47. The van der Waals surface area contributed by atoms with Gasteiger partial charge < -0.3 is 14.2 Å². The normalized spacial score (nSPS) is 18.1. The molecule has 2 aromatic heterocycles. The number of imidazole rings is 1. The summed E-state index contributed by atoms with van der Waals surface area (Å²) < 4.78 is 7.84. The number of aryl methyl sites for hydroxylation is 2. The van der Waals surface area contributed by atoms with Gasteiger partial charge in [0.25, 0.3) is 0 Å². The van der Waals surface area contributed by atoms with E-state index in [1.807, 2.05) is 31.9 Å². The molecule has 8 nitrogen and oxygen atoms in total. The molecule has 0 unspecified atom stereocenters. The molecule has 0 spiro atoms. The van der Waals surface area contributed by atoms with Crippen LogP contribution in [0.15, 0.2) is 12.4 Å². The molecule has 0 radical (unpaired) electrons. The fourth-order valence-corrected chi connectivity index (χ4v) is 2.93. The molecular weight excluding hydrogens is 320 g/mol. The van der Waals surface area contributed by atoms with E-state index < -0.39 is 0 Å². The van der Waals surface area contributed by atoms with Crippen molar-refractivity contribution in [1.29, 1.82) is 0 Å². The van der Waals surface area contributed by atoms with E-state index in [1.165, 1.54) is 0 Å². The molecule has 0 aliphatic carbocycles. The minimum atomic E-state index is -0.228. The molecular formula is C17H26N6O2. The summed E-state index contributed by atoms with van der Waals surface area (Å²) >= 11 is 0. The Balaban J connectivity index is 1.51. The van der Waals surface area contributed by atoms with Crippen LogP contribution in [0.4, 0.5) is 0 Å². The SMILES string of the molecule is Cc1nccn1CCCC(=O)N1CCO[C@H](c2nc(C(C)C)n[nH]2)C1. The van der Waals surface area contributed by atoms with Crippen LogP contribution in [0.3, 0.4) is 0 Å². The van der Waals surface area contributed by atoms with Gasteiger partial charge in [0.2, 0.25) is 5.91 Å². The lowest BCUT2D eigenvalue weighted by Gasteiger charge is -2.32. The number of hydrogen-bond donors (Lipinski definition) is 1. The third kappa shape index (κ3) is 4.25. The van der Waals surface area contributed by atoms with Crippen molar-refractivity contribution < 1.29 is 9.53 Å². The molecule has 0 saturated carbocycles. The first-order valence-corrected chi connectivity index (χ1v) is 8.84. The maximum absolute atomic E-state index is 12.5. The topological polar surface area (TPSA) is 88.9 Å². The van der Waals surface area contributed by atoms with Crippen LogP contribution in [0.2, 0.25) is 0 Å². The predicted octanol–water partition coefficient (Wildman–Crippen LogP) is 1.81. The van der Waals surface area contributed by atoms with E-state index >= 15 is 0 Å². The minimum Gasteiger partial charge on any atom is -0.367 e. The van der Waals surface area contributed by atoms with Crippen LogP contribution in [-0.4, -0.2) is 55.2 Å². The second-order valence-corrected chi connectivity index (χ2v) is 6.70. The van der Waals surface area contributed by atoms with Gasteiger partial charge in [-0.1, -0.05) is 13.8 Å². The third-order valence-electron chi connectivity index (χ3n) is 4.47. The van der Waals surface area contributed by atoms with Crippen LogP contribution in [0, 0.1) is 6.92 Å². The van der Waals surface area contributed by atoms with Gasteiger partial charge in [0.05, 0.1) is 13.2 Å². The first-order valence-electron chi connectivity index (χ1n) is 8.84. The number of aromatic amines is 1. The maximum atomic E-state index is 12.5. The molecule has 1 aliphatic heterocycles. The highest BCUT2D eigenvalue weighted by Crippen LogP contribution is 2.21. The number of nitrogens with zero attached hydrogens (tertiary/aromatic N) is 5. The number of nitrogens with one attached hydrogen (secondary N) is 1. The molecule has 1 N–H and O–H groups in total. The Kier molecular flexibility index (Phi) is 5.47. The van der Waals surface area contributed by atoms with E-state index in [0.717, 1.165) is 24.6 Å². The van der Waals surface area contributed by atoms with Gasteiger partial charge in [0, 0.05) is 37.8 Å². The average molecular weight is 346 g/mol. The van der Waals surface area contributed by atoms with Crippen LogP contribution in [0.5, 0.6) is 0 Å². The Hall–Kier alpha value is -2.22. The fraction of sp³-hybridized carbons (Fsp3) is 0.647. The summed E-state index contributed by atoms with van der Waals surface area (Å²) in [7, 11) is 0. The lowest BCUT2D eigenvalue weighted by Crippen LogP contribution is -2.42. The zero-order valence-electron chi connectivity index (χ0n) is 15.1. The lowest BCUT2D eigenvalue weighted by atomic mass is 10.2. The second kappa shape index (κ2) is 7.77. The number of morpholine rings is 1. The molecule has 1 fully saturated rings. The van der Waals surface area contributed by atoms with E-state index in [2.05, 4.69) is 24.7 Å². The fourth-order valence-electron chi connectivity index (χ4n) is 2.93. The number of rotatable bonds is 6. The standard InChI is InChI=1S/C17H26N6O2/c1-12(2)16-19-17(21-20-16)14-11-23(9-10-25-14)15(24)5-4-7-22-8-6-18-13(22)3/h6,8,12,14H,4-5,7,9-11H2,1-3H3,(H,19,20,21)/t14-/m0/s1. The molecule has 1 aliphatic rings. The summed E-state index contributed by atoms with van der Waals surface area (Å²) in [6, 6.07) is 0. The molecule has 136 valence electrons. The highest BCUT2D eigenvalue weighted by Gasteiger charge is 2.27. The van der Waals surface area contributed by atoms with E-state index in [0.29, 0.717) is 31.9 Å². The van der Waals surface area contributed by atoms with Crippen molar-refractivity contribution in [2.45, 2.75) is 52.2 Å². The average Bonchev–Trinajstić information content (AvgIpc) is 3.25. The van der Waals surface area contributed by atoms with E-state index in [4.69, 9.17) is 4.74 Å². The monoisotopic (exact) mass is 346 g/mol. The summed E-state index contributed by atoms with van der Waals surface area (Å²) in [5.41, 5.74) is 0. The highest BCUT2D eigenvalue weighted by atomic mass is 16.5. The number of ether oxygens (including phenoxy) is 1. The van der Waals surface area contributed by atoms with Crippen molar-refractivity contribution in [3.05, 3.63) is 29.9 Å². The van der Waals surface area contributed by atoms with Crippen molar-refractivity contribution in [3.8, 4) is 0 Å². The Labute approximate surface area is 147 Å². The van der Waals surface area contributed by atoms with Crippen molar-refractivity contribution >= 4 is 5.91 Å². The molecule has 1 atom stereocenters. The Morgan fingerprint density at radius 1 is 1.48 bits per heavy atom. The molecule has 1 amide bonds. The summed E-state index contributed by atoms with van der Waals surface area (Å²) in [5, 5.41) is 7.17.